The molecule has 0 aliphatic carbocycles. The molecular formula is C18H15N5. The van der Waals surface area contributed by atoms with Crippen LogP contribution in [0.2, 0.25) is 0 Å². The average molecular weight is 301 g/mol. The van der Waals surface area contributed by atoms with Gasteiger partial charge in [-0.25, -0.2) is 0 Å². The van der Waals surface area contributed by atoms with Crippen molar-refractivity contribution >= 4 is 11.5 Å². The van der Waals surface area contributed by atoms with E-state index >= 15 is 0 Å². The first kappa shape index (κ1) is 13.5. The van der Waals surface area contributed by atoms with Gasteiger partial charge in [-0.1, -0.05) is 60.7 Å². The monoisotopic (exact) mass is 301 g/mol. The first-order chi connectivity index (χ1) is 11.4. The van der Waals surface area contributed by atoms with E-state index in [0.717, 1.165) is 29.4 Å². The van der Waals surface area contributed by atoms with Crippen LogP contribution < -0.4 is 5.32 Å². The molecule has 5 nitrogen and oxygen atoms in total. The molecule has 0 amide bonds. The van der Waals surface area contributed by atoms with Crippen LogP contribution in [0.5, 0.6) is 0 Å². The molecule has 0 fully saturated rings. The lowest BCUT2D eigenvalue weighted by molar-refractivity contribution is 0.925. The molecule has 2 aromatic heterocycles. The van der Waals surface area contributed by atoms with Gasteiger partial charge in [-0.3, -0.25) is 0 Å². The van der Waals surface area contributed by atoms with E-state index < -0.39 is 0 Å². The molecule has 0 spiro atoms. The van der Waals surface area contributed by atoms with Crippen LogP contribution in [0, 0.1) is 0 Å². The Hall–Kier alpha value is -3.21. The third kappa shape index (κ3) is 2.76. The molecule has 5 heteroatoms. The summed E-state index contributed by atoms with van der Waals surface area (Å²) >= 11 is 0. The second-order valence-electron chi connectivity index (χ2n) is 5.22. The van der Waals surface area contributed by atoms with Gasteiger partial charge < -0.3 is 5.32 Å². The molecule has 0 atom stereocenters. The van der Waals surface area contributed by atoms with Crippen molar-refractivity contribution in [1.82, 2.24) is 19.8 Å². The lowest BCUT2D eigenvalue weighted by Crippen LogP contribution is -2.04. The molecule has 23 heavy (non-hydrogen) atoms. The zero-order valence-electron chi connectivity index (χ0n) is 12.4. The number of hydrogen-bond donors (Lipinski definition) is 1. The van der Waals surface area contributed by atoms with Crippen molar-refractivity contribution in [3.05, 3.63) is 78.4 Å². The van der Waals surface area contributed by atoms with Crippen LogP contribution in [0.4, 0.5) is 5.82 Å². The normalized spacial score (nSPS) is 10.8. The van der Waals surface area contributed by atoms with Crippen LogP contribution in [-0.2, 0) is 6.54 Å². The number of fused-ring (bicyclic) bond motifs is 1. The quantitative estimate of drug-likeness (QED) is 0.627. The number of hydrogen-bond acceptors (Lipinski definition) is 4. The predicted molar refractivity (Wildman–Crippen MR) is 90.0 cm³/mol. The van der Waals surface area contributed by atoms with Crippen molar-refractivity contribution in [1.29, 1.82) is 0 Å². The van der Waals surface area contributed by atoms with Crippen molar-refractivity contribution < 1.29 is 0 Å². The number of aromatic nitrogens is 4. The molecule has 112 valence electrons. The summed E-state index contributed by atoms with van der Waals surface area (Å²) in [5, 5.41) is 16.4. The molecule has 0 radical (unpaired) electrons. The molecule has 0 aliphatic heterocycles. The van der Waals surface area contributed by atoms with Gasteiger partial charge in [0.25, 0.3) is 0 Å². The summed E-state index contributed by atoms with van der Waals surface area (Å²) in [6.07, 6.45) is 0. The zero-order valence-corrected chi connectivity index (χ0v) is 12.4. The van der Waals surface area contributed by atoms with Crippen molar-refractivity contribution in [3.8, 4) is 11.4 Å². The van der Waals surface area contributed by atoms with E-state index in [4.69, 9.17) is 0 Å². The molecule has 1 N–H and O–H groups in total. The minimum Gasteiger partial charge on any atom is -0.365 e. The summed E-state index contributed by atoms with van der Waals surface area (Å²) in [4.78, 5) is 0. The minimum atomic E-state index is 0.724. The minimum absolute atomic E-state index is 0.724. The highest BCUT2D eigenvalue weighted by Gasteiger charge is 2.09. The number of rotatable bonds is 4. The van der Waals surface area contributed by atoms with E-state index in [-0.39, 0.29) is 0 Å². The first-order valence-corrected chi connectivity index (χ1v) is 7.46. The van der Waals surface area contributed by atoms with Gasteiger partial charge in [0.2, 0.25) is 0 Å². The highest BCUT2D eigenvalue weighted by Crippen LogP contribution is 2.18. The Bertz CT molecular complexity index is 916. The molecular weight excluding hydrogens is 286 g/mol. The van der Waals surface area contributed by atoms with Gasteiger partial charge in [0.1, 0.15) is 5.82 Å². The number of anilines is 1. The van der Waals surface area contributed by atoms with Gasteiger partial charge in [0.15, 0.2) is 11.5 Å². The molecule has 0 unspecified atom stereocenters. The van der Waals surface area contributed by atoms with E-state index in [9.17, 15) is 0 Å². The molecule has 0 saturated carbocycles. The van der Waals surface area contributed by atoms with E-state index in [0.29, 0.717) is 0 Å². The van der Waals surface area contributed by atoms with E-state index in [1.54, 1.807) is 4.52 Å². The lowest BCUT2D eigenvalue weighted by Gasteiger charge is -2.06. The van der Waals surface area contributed by atoms with Crippen LogP contribution in [0.1, 0.15) is 5.56 Å². The zero-order chi connectivity index (χ0) is 15.5. The maximum atomic E-state index is 4.61. The van der Waals surface area contributed by atoms with Gasteiger partial charge in [0.05, 0.1) is 0 Å². The SMILES string of the molecule is c1ccc(CNc2ccc3nnc(-c4ccccc4)n3n2)cc1. The van der Waals surface area contributed by atoms with E-state index in [2.05, 4.69) is 32.7 Å². The highest BCUT2D eigenvalue weighted by molar-refractivity contribution is 5.59. The fraction of sp³-hybridized carbons (Fsp3) is 0.0556. The maximum absolute atomic E-state index is 4.61. The highest BCUT2D eigenvalue weighted by atomic mass is 15.4. The number of benzene rings is 2. The van der Waals surface area contributed by atoms with Gasteiger partial charge in [-0.15, -0.1) is 15.3 Å². The van der Waals surface area contributed by atoms with Crippen LogP contribution in [0.3, 0.4) is 0 Å². The standard InChI is InChI=1S/C18H15N5/c1-3-7-14(8-4-1)13-19-16-11-12-17-20-21-18(23(17)22-16)15-9-5-2-6-10-15/h1-12H,13H2,(H,19,22). The molecule has 0 saturated heterocycles. The van der Waals surface area contributed by atoms with Gasteiger partial charge >= 0.3 is 0 Å². The Balaban J connectivity index is 1.65. The van der Waals surface area contributed by atoms with Crippen LogP contribution in [-0.4, -0.2) is 19.8 Å². The second kappa shape index (κ2) is 5.88. The Morgan fingerprint density at radius 3 is 2.30 bits per heavy atom. The third-order valence-electron chi connectivity index (χ3n) is 3.61. The maximum Gasteiger partial charge on any atom is 0.185 e. The summed E-state index contributed by atoms with van der Waals surface area (Å²) < 4.78 is 1.77. The van der Waals surface area contributed by atoms with Crippen molar-refractivity contribution in [2.75, 3.05) is 5.32 Å². The van der Waals surface area contributed by atoms with E-state index in [1.165, 1.54) is 5.56 Å². The average Bonchev–Trinajstić information content (AvgIpc) is 3.05. The van der Waals surface area contributed by atoms with Gasteiger partial charge in [0, 0.05) is 12.1 Å². The van der Waals surface area contributed by atoms with E-state index in [1.807, 2.05) is 60.7 Å². The number of nitrogens with one attached hydrogen (secondary N) is 1. The van der Waals surface area contributed by atoms with Crippen molar-refractivity contribution in [3.63, 3.8) is 0 Å². The lowest BCUT2D eigenvalue weighted by atomic mass is 10.2. The fourth-order valence-electron chi connectivity index (χ4n) is 2.44. The van der Waals surface area contributed by atoms with Crippen molar-refractivity contribution in [2.24, 2.45) is 0 Å². The fourth-order valence-corrected chi connectivity index (χ4v) is 2.44. The summed E-state index contributed by atoms with van der Waals surface area (Å²) in [6, 6.07) is 24.0. The predicted octanol–water partition coefficient (Wildman–Crippen LogP) is 3.40. The van der Waals surface area contributed by atoms with Crippen LogP contribution in [0.25, 0.3) is 17.0 Å². The topological polar surface area (TPSA) is 55.1 Å². The molecule has 0 bridgehead atoms. The Labute approximate surface area is 133 Å². The summed E-state index contributed by atoms with van der Waals surface area (Å²) in [6.45, 7) is 0.724. The molecule has 0 aliphatic rings. The summed E-state index contributed by atoms with van der Waals surface area (Å²) in [7, 11) is 0. The second-order valence-corrected chi connectivity index (χ2v) is 5.22. The van der Waals surface area contributed by atoms with Gasteiger partial charge in [-0.05, 0) is 17.7 Å². The van der Waals surface area contributed by atoms with Crippen LogP contribution >= 0.6 is 0 Å². The van der Waals surface area contributed by atoms with Crippen molar-refractivity contribution in [2.45, 2.75) is 6.54 Å². The largest absolute Gasteiger partial charge is 0.365 e. The molecule has 2 heterocycles. The smallest absolute Gasteiger partial charge is 0.185 e. The Morgan fingerprint density at radius 1 is 0.783 bits per heavy atom. The number of nitrogens with zero attached hydrogens (tertiary/aromatic N) is 4. The Morgan fingerprint density at radius 2 is 1.52 bits per heavy atom. The van der Waals surface area contributed by atoms with Gasteiger partial charge in [-0.2, -0.15) is 4.52 Å². The molecule has 2 aromatic carbocycles. The molecule has 4 rings (SSSR count). The molecule has 4 aromatic rings. The van der Waals surface area contributed by atoms with Crippen LogP contribution in [0.15, 0.2) is 72.8 Å². The summed E-state index contributed by atoms with van der Waals surface area (Å²) in [5.41, 5.74) is 2.93. The third-order valence-corrected chi connectivity index (χ3v) is 3.61. The Kier molecular flexibility index (Phi) is 3.44. The summed E-state index contributed by atoms with van der Waals surface area (Å²) in [5.74, 6) is 1.53. The first-order valence-electron chi connectivity index (χ1n) is 7.46.